The zero-order chi connectivity index (χ0) is 13.3. The van der Waals surface area contributed by atoms with Crippen LogP contribution in [0.25, 0.3) is 0 Å². The number of aliphatic hydroxyl groups excluding tert-OH is 1. The minimum Gasteiger partial charge on any atom is -0.392 e. The maximum absolute atomic E-state index is 11.9. The summed E-state index contributed by atoms with van der Waals surface area (Å²) < 4.78 is 0. The maximum atomic E-state index is 11.9. The molecule has 1 unspecified atom stereocenters. The Bertz CT molecular complexity index is 455. The van der Waals surface area contributed by atoms with Crippen LogP contribution in [0.15, 0.2) is 18.2 Å². The number of hydrogen-bond acceptors (Lipinski definition) is 3. The molecule has 18 heavy (non-hydrogen) atoms. The topological polar surface area (TPSA) is 52.6 Å². The van der Waals surface area contributed by atoms with Crippen LogP contribution in [0.2, 0.25) is 0 Å². The lowest BCUT2D eigenvalue weighted by Gasteiger charge is -2.22. The number of nitrogens with one attached hydrogen (secondary N) is 1. The van der Waals surface area contributed by atoms with Gasteiger partial charge >= 0.3 is 0 Å². The normalized spacial score (nSPS) is 16.1. The molecule has 0 aliphatic carbocycles. The maximum Gasteiger partial charge on any atom is 0.231 e. The fourth-order valence-electron chi connectivity index (χ4n) is 2.29. The van der Waals surface area contributed by atoms with Crippen molar-refractivity contribution in [1.29, 1.82) is 0 Å². The summed E-state index contributed by atoms with van der Waals surface area (Å²) in [5, 5.41) is 12.4. The van der Waals surface area contributed by atoms with E-state index in [2.05, 4.69) is 5.32 Å². The van der Waals surface area contributed by atoms with E-state index in [0.717, 1.165) is 16.9 Å². The number of carbonyl (C=O) groups is 1. The van der Waals surface area contributed by atoms with Gasteiger partial charge in [0.15, 0.2) is 0 Å². The molecule has 1 atom stereocenters. The van der Waals surface area contributed by atoms with Crippen molar-refractivity contribution in [2.24, 2.45) is 0 Å². The fraction of sp³-hybridized carbons (Fsp3) is 0.500. The van der Waals surface area contributed by atoms with Crippen molar-refractivity contribution in [2.45, 2.75) is 39.3 Å². The Hall–Kier alpha value is -1.55. The number of carbonyl (C=O) groups excluding carboxylic acids is 1. The molecule has 1 aliphatic rings. The Kier molecular flexibility index (Phi) is 3.57. The van der Waals surface area contributed by atoms with Crippen LogP contribution in [-0.2, 0) is 11.2 Å². The van der Waals surface area contributed by atoms with E-state index in [0.29, 0.717) is 13.0 Å². The summed E-state index contributed by atoms with van der Waals surface area (Å²) >= 11 is 0. The average molecular weight is 248 g/mol. The van der Waals surface area contributed by atoms with Gasteiger partial charge < -0.3 is 15.3 Å². The van der Waals surface area contributed by atoms with Crippen molar-refractivity contribution in [3.05, 3.63) is 23.8 Å². The van der Waals surface area contributed by atoms with E-state index in [4.69, 9.17) is 0 Å². The first-order chi connectivity index (χ1) is 8.49. The Morgan fingerprint density at radius 2 is 2.11 bits per heavy atom. The van der Waals surface area contributed by atoms with E-state index in [1.165, 1.54) is 0 Å². The molecule has 2 rings (SSSR count). The van der Waals surface area contributed by atoms with Crippen LogP contribution in [0.3, 0.4) is 0 Å². The van der Waals surface area contributed by atoms with E-state index in [9.17, 15) is 9.90 Å². The minimum absolute atomic E-state index is 0.160. The Balaban J connectivity index is 2.20. The smallest absolute Gasteiger partial charge is 0.231 e. The molecular weight excluding hydrogens is 228 g/mol. The summed E-state index contributed by atoms with van der Waals surface area (Å²) in [4.78, 5) is 13.8. The highest BCUT2D eigenvalue weighted by Crippen LogP contribution is 2.32. The number of anilines is 2. The van der Waals surface area contributed by atoms with Crippen LogP contribution in [0, 0.1) is 0 Å². The van der Waals surface area contributed by atoms with Crippen LogP contribution in [0.1, 0.15) is 26.3 Å². The highest BCUT2D eigenvalue weighted by molar-refractivity contribution is 6.02. The molecule has 0 aromatic heterocycles. The van der Waals surface area contributed by atoms with E-state index in [1.807, 2.05) is 36.9 Å². The molecule has 1 amide bonds. The summed E-state index contributed by atoms with van der Waals surface area (Å²) in [6.45, 7) is 6.30. The van der Waals surface area contributed by atoms with Gasteiger partial charge in [0.05, 0.1) is 12.5 Å². The molecule has 2 N–H and O–H groups in total. The molecule has 4 heteroatoms. The zero-order valence-electron chi connectivity index (χ0n) is 11.1. The molecule has 0 bridgehead atoms. The van der Waals surface area contributed by atoms with Crippen molar-refractivity contribution < 1.29 is 9.90 Å². The van der Waals surface area contributed by atoms with Gasteiger partial charge in [0.1, 0.15) is 0 Å². The van der Waals surface area contributed by atoms with Gasteiger partial charge in [0.2, 0.25) is 5.91 Å². The number of nitrogens with zero attached hydrogens (tertiary/aromatic N) is 1. The number of benzene rings is 1. The average Bonchev–Trinajstić information content (AvgIpc) is 2.61. The van der Waals surface area contributed by atoms with Gasteiger partial charge in [-0.1, -0.05) is 0 Å². The Morgan fingerprint density at radius 1 is 1.39 bits per heavy atom. The molecule has 4 nitrogen and oxygen atoms in total. The first-order valence-corrected chi connectivity index (χ1v) is 6.36. The van der Waals surface area contributed by atoms with Crippen molar-refractivity contribution in [2.75, 3.05) is 16.8 Å². The van der Waals surface area contributed by atoms with Gasteiger partial charge in [-0.3, -0.25) is 4.79 Å². The SMILES string of the molecule is CC(O)CNc1ccc2c(c1)CC(=O)N2C(C)C. The molecule has 1 heterocycles. The Morgan fingerprint density at radius 3 is 2.72 bits per heavy atom. The molecule has 0 radical (unpaired) electrons. The van der Waals surface area contributed by atoms with Crippen LogP contribution in [-0.4, -0.2) is 29.7 Å². The standard InChI is InChI=1S/C14H20N2O2/c1-9(2)16-13-5-4-12(15-8-10(3)17)6-11(13)7-14(16)18/h4-6,9-10,15,17H,7-8H2,1-3H3. The van der Waals surface area contributed by atoms with Crippen LogP contribution < -0.4 is 10.2 Å². The minimum atomic E-state index is -0.382. The Labute approximate surface area is 108 Å². The monoisotopic (exact) mass is 248 g/mol. The van der Waals surface area contributed by atoms with E-state index < -0.39 is 0 Å². The fourth-order valence-corrected chi connectivity index (χ4v) is 2.29. The zero-order valence-corrected chi connectivity index (χ0v) is 11.1. The molecular formula is C14H20N2O2. The highest BCUT2D eigenvalue weighted by atomic mass is 16.3. The second kappa shape index (κ2) is 4.98. The summed E-state index contributed by atoms with van der Waals surface area (Å²) in [7, 11) is 0. The lowest BCUT2D eigenvalue weighted by molar-refractivity contribution is -0.117. The van der Waals surface area contributed by atoms with Crippen molar-refractivity contribution >= 4 is 17.3 Å². The van der Waals surface area contributed by atoms with Crippen molar-refractivity contribution in [1.82, 2.24) is 0 Å². The summed E-state index contributed by atoms with van der Waals surface area (Å²) in [6.07, 6.45) is 0.0876. The van der Waals surface area contributed by atoms with Crippen molar-refractivity contribution in [3.63, 3.8) is 0 Å². The molecule has 1 aliphatic heterocycles. The predicted molar refractivity (Wildman–Crippen MR) is 72.9 cm³/mol. The van der Waals surface area contributed by atoms with Crippen LogP contribution in [0.4, 0.5) is 11.4 Å². The molecule has 0 spiro atoms. The molecule has 0 saturated heterocycles. The molecule has 0 fully saturated rings. The number of fused-ring (bicyclic) bond motifs is 1. The van der Waals surface area contributed by atoms with Gasteiger partial charge in [-0.2, -0.15) is 0 Å². The number of rotatable bonds is 4. The molecule has 1 aromatic rings. The third-order valence-electron chi connectivity index (χ3n) is 3.07. The van der Waals surface area contributed by atoms with E-state index in [-0.39, 0.29) is 18.1 Å². The van der Waals surface area contributed by atoms with E-state index >= 15 is 0 Å². The van der Waals surface area contributed by atoms with Gasteiger partial charge in [0, 0.05) is 24.0 Å². The van der Waals surface area contributed by atoms with E-state index in [1.54, 1.807) is 6.92 Å². The van der Waals surface area contributed by atoms with Gasteiger partial charge in [0.25, 0.3) is 0 Å². The third-order valence-corrected chi connectivity index (χ3v) is 3.07. The van der Waals surface area contributed by atoms with Gasteiger partial charge in [-0.05, 0) is 44.5 Å². The lowest BCUT2D eigenvalue weighted by Crippen LogP contribution is -2.33. The number of amides is 1. The lowest BCUT2D eigenvalue weighted by atomic mass is 10.1. The second-order valence-corrected chi connectivity index (χ2v) is 5.11. The van der Waals surface area contributed by atoms with Gasteiger partial charge in [-0.15, -0.1) is 0 Å². The number of aliphatic hydroxyl groups is 1. The first kappa shape index (κ1) is 12.9. The molecule has 0 saturated carbocycles. The predicted octanol–water partition coefficient (Wildman–Crippen LogP) is 1.78. The molecule has 98 valence electrons. The number of hydrogen-bond donors (Lipinski definition) is 2. The van der Waals surface area contributed by atoms with Gasteiger partial charge in [-0.25, -0.2) is 0 Å². The largest absolute Gasteiger partial charge is 0.392 e. The van der Waals surface area contributed by atoms with Crippen LogP contribution >= 0.6 is 0 Å². The molecule has 1 aromatic carbocycles. The van der Waals surface area contributed by atoms with Crippen LogP contribution in [0.5, 0.6) is 0 Å². The summed E-state index contributed by atoms with van der Waals surface area (Å²) in [5.74, 6) is 0.160. The third kappa shape index (κ3) is 2.48. The van der Waals surface area contributed by atoms with Crippen molar-refractivity contribution in [3.8, 4) is 0 Å². The highest BCUT2D eigenvalue weighted by Gasteiger charge is 2.29. The quantitative estimate of drug-likeness (QED) is 0.854. The summed E-state index contributed by atoms with van der Waals surface area (Å²) in [6, 6.07) is 6.12. The second-order valence-electron chi connectivity index (χ2n) is 5.11. The summed E-state index contributed by atoms with van der Waals surface area (Å²) in [5.41, 5.74) is 3.02. The first-order valence-electron chi connectivity index (χ1n) is 6.36.